The van der Waals surface area contributed by atoms with E-state index < -0.39 is 0 Å². The molecule has 2 aromatic rings. The van der Waals surface area contributed by atoms with Gasteiger partial charge in [-0.05, 0) is 119 Å². The third-order valence-corrected chi connectivity index (χ3v) is 4.78. The zero-order valence-electron chi connectivity index (χ0n) is 16.5. The Hall–Kier alpha value is -1.96. The van der Waals surface area contributed by atoms with Crippen LogP contribution in [0, 0.1) is 41.5 Å². The van der Waals surface area contributed by atoms with Crippen LogP contribution in [0.4, 0.5) is 0 Å². The Morgan fingerprint density at radius 3 is 1.67 bits per heavy atom. The Balaban J connectivity index is 2.71. The van der Waals surface area contributed by atoms with Crippen LogP contribution in [0.15, 0.2) is 12.1 Å². The highest BCUT2D eigenvalue weighted by Gasteiger charge is 2.20. The summed E-state index contributed by atoms with van der Waals surface area (Å²) in [5, 5.41) is 10.2. The van der Waals surface area contributed by atoms with Crippen LogP contribution < -0.4 is 4.74 Å². The molecule has 24 heavy (non-hydrogen) atoms. The summed E-state index contributed by atoms with van der Waals surface area (Å²) in [6.45, 7) is 18.6. The normalized spacial score (nSPS) is 11.7. The zero-order valence-corrected chi connectivity index (χ0v) is 16.5. The number of hydrogen-bond donors (Lipinski definition) is 1. The van der Waals surface area contributed by atoms with Gasteiger partial charge in [0, 0.05) is 0 Å². The lowest BCUT2D eigenvalue weighted by molar-refractivity contribution is 0.128. The third kappa shape index (κ3) is 3.28. The average Bonchev–Trinajstić information content (AvgIpc) is 2.48. The highest BCUT2D eigenvalue weighted by molar-refractivity contribution is 5.77. The van der Waals surface area contributed by atoms with Crippen LogP contribution in [0.3, 0.4) is 0 Å². The molecule has 0 saturated carbocycles. The molecule has 130 valence electrons. The molecule has 2 aromatic carbocycles. The van der Waals surface area contributed by atoms with Gasteiger partial charge in [-0.25, -0.2) is 0 Å². The minimum absolute atomic E-state index is 0.217. The number of rotatable bonds is 2. The molecule has 0 aliphatic heterocycles. The Morgan fingerprint density at radius 2 is 1.17 bits per heavy atom. The van der Waals surface area contributed by atoms with E-state index in [4.69, 9.17) is 4.74 Å². The highest BCUT2D eigenvalue weighted by atomic mass is 16.5. The largest absolute Gasteiger partial charge is 0.507 e. The molecule has 0 amide bonds. The summed E-state index contributed by atoms with van der Waals surface area (Å²) < 4.78 is 6.19. The van der Waals surface area contributed by atoms with Crippen molar-refractivity contribution in [1.29, 1.82) is 0 Å². The first-order chi connectivity index (χ1) is 10.9. The molecule has 0 aliphatic rings. The quantitative estimate of drug-likeness (QED) is 0.724. The minimum atomic E-state index is -0.217. The number of aromatic hydroxyl groups is 1. The second kappa shape index (κ2) is 6.16. The summed E-state index contributed by atoms with van der Waals surface area (Å²) in [6, 6.07) is 4.30. The lowest BCUT2D eigenvalue weighted by Crippen LogP contribution is -2.24. The standard InChI is InChI=1S/C22H30O2/c1-12-10-18(14(3)16(5)20(12)23)19-11-13(2)21(17(6)15(19)4)24-22(7,8)9/h10-11,23H,1-9H3. The predicted octanol–water partition coefficient (Wildman–Crippen LogP) is 6.09. The van der Waals surface area contributed by atoms with Crippen LogP contribution in [0.1, 0.15) is 54.2 Å². The van der Waals surface area contributed by atoms with E-state index in [2.05, 4.69) is 60.6 Å². The van der Waals surface area contributed by atoms with Gasteiger partial charge >= 0.3 is 0 Å². The molecule has 1 N–H and O–H groups in total. The van der Waals surface area contributed by atoms with E-state index in [1.165, 1.54) is 22.3 Å². The maximum atomic E-state index is 10.2. The molecule has 0 bridgehead atoms. The maximum Gasteiger partial charge on any atom is 0.126 e. The molecule has 0 heterocycles. The second-order valence-corrected chi connectivity index (χ2v) is 7.87. The van der Waals surface area contributed by atoms with E-state index in [0.29, 0.717) is 5.75 Å². The van der Waals surface area contributed by atoms with Crippen molar-refractivity contribution < 1.29 is 9.84 Å². The van der Waals surface area contributed by atoms with Crippen LogP contribution in [-0.2, 0) is 0 Å². The molecule has 0 saturated heterocycles. The fourth-order valence-corrected chi connectivity index (χ4v) is 3.15. The van der Waals surface area contributed by atoms with Gasteiger partial charge in [-0.3, -0.25) is 0 Å². The van der Waals surface area contributed by atoms with E-state index in [9.17, 15) is 5.11 Å². The van der Waals surface area contributed by atoms with Gasteiger partial charge in [0.2, 0.25) is 0 Å². The lowest BCUT2D eigenvalue weighted by Gasteiger charge is -2.26. The fraction of sp³-hybridized carbons (Fsp3) is 0.455. The maximum absolute atomic E-state index is 10.2. The Morgan fingerprint density at radius 1 is 0.708 bits per heavy atom. The molecule has 2 heteroatoms. The van der Waals surface area contributed by atoms with Crippen molar-refractivity contribution in [3.05, 3.63) is 45.5 Å². The Kier molecular flexibility index (Phi) is 4.72. The van der Waals surface area contributed by atoms with Gasteiger partial charge in [0.1, 0.15) is 17.1 Å². The van der Waals surface area contributed by atoms with Crippen molar-refractivity contribution in [3.8, 4) is 22.6 Å². The monoisotopic (exact) mass is 326 g/mol. The topological polar surface area (TPSA) is 29.5 Å². The first-order valence-electron chi connectivity index (χ1n) is 8.54. The number of hydrogen-bond acceptors (Lipinski definition) is 2. The van der Waals surface area contributed by atoms with Gasteiger partial charge < -0.3 is 9.84 Å². The van der Waals surface area contributed by atoms with Crippen molar-refractivity contribution in [1.82, 2.24) is 0 Å². The predicted molar refractivity (Wildman–Crippen MR) is 102 cm³/mol. The summed E-state index contributed by atoms with van der Waals surface area (Å²) in [5.74, 6) is 1.38. The van der Waals surface area contributed by atoms with Gasteiger partial charge in [0.25, 0.3) is 0 Å². The molecule has 0 spiro atoms. The van der Waals surface area contributed by atoms with E-state index in [-0.39, 0.29) is 5.60 Å². The summed E-state index contributed by atoms with van der Waals surface area (Å²) in [4.78, 5) is 0. The SMILES string of the molecule is Cc1cc(-c2cc(C)c(OC(C)(C)C)c(C)c2C)c(C)c(C)c1O. The van der Waals surface area contributed by atoms with Crippen molar-refractivity contribution in [2.24, 2.45) is 0 Å². The summed E-state index contributed by atoms with van der Waals surface area (Å²) in [5.41, 5.74) is 8.74. The van der Waals surface area contributed by atoms with Gasteiger partial charge in [0.15, 0.2) is 0 Å². The molecule has 0 aromatic heterocycles. The molecule has 2 rings (SSSR count). The molecule has 0 unspecified atom stereocenters. The van der Waals surface area contributed by atoms with Crippen LogP contribution in [0.2, 0.25) is 0 Å². The van der Waals surface area contributed by atoms with Gasteiger partial charge in [-0.1, -0.05) is 0 Å². The Labute approximate surface area is 146 Å². The first-order valence-corrected chi connectivity index (χ1v) is 8.54. The van der Waals surface area contributed by atoms with Crippen molar-refractivity contribution in [2.75, 3.05) is 0 Å². The van der Waals surface area contributed by atoms with E-state index in [1.54, 1.807) is 0 Å². The lowest BCUT2D eigenvalue weighted by atomic mass is 9.88. The van der Waals surface area contributed by atoms with Crippen molar-refractivity contribution in [2.45, 2.75) is 67.9 Å². The Bertz CT molecular complexity index is 793. The molecule has 2 nitrogen and oxygen atoms in total. The average molecular weight is 326 g/mol. The molecule has 0 radical (unpaired) electrons. The number of phenolic OH excluding ortho intramolecular Hbond substituents is 1. The highest BCUT2D eigenvalue weighted by Crippen LogP contribution is 2.40. The van der Waals surface area contributed by atoms with Gasteiger partial charge in [-0.15, -0.1) is 0 Å². The zero-order chi connectivity index (χ0) is 18.4. The number of benzene rings is 2. The van der Waals surface area contributed by atoms with Crippen LogP contribution in [0.25, 0.3) is 11.1 Å². The van der Waals surface area contributed by atoms with Crippen molar-refractivity contribution >= 4 is 0 Å². The smallest absolute Gasteiger partial charge is 0.126 e. The summed E-state index contributed by atoms with van der Waals surface area (Å²) >= 11 is 0. The molecular formula is C22H30O2. The van der Waals surface area contributed by atoms with E-state index in [0.717, 1.165) is 28.0 Å². The van der Waals surface area contributed by atoms with Crippen LogP contribution in [-0.4, -0.2) is 10.7 Å². The molecule has 0 aliphatic carbocycles. The van der Waals surface area contributed by atoms with Gasteiger partial charge in [0.05, 0.1) is 0 Å². The second-order valence-electron chi connectivity index (χ2n) is 7.87. The van der Waals surface area contributed by atoms with Crippen LogP contribution in [0.5, 0.6) is 11.5 Å². The van der Waals surface area contributed by atoms with E-state index in [1.807, 2.05) is 13.8 Å². The van der Waals surface area contributed by atoms with Crippen molar-refractivity contribution in [3.63, 3.8) is 0 Å². The summed E-state index contributed by atoms with van der Waals surface area (Å²) in [6.07, 6.45) is 0. The van der Waals surface area contributed by atoms with Crippen LogP contribution >= 0.6 is 0 Å². The first kappa shape index (κ1) is 18.4. The molecule has 0 fully saturated rings. The number of phenols is 1. The number of ether oxygens (including phenoxy) is 1. The third-order valence-electron chi connectivity index (χ3n) is 4.78. The molecule has 0 atom stereocenters. The minimum Gasteiger partial charge on any atom is -0.507 e. The van der Waals surface area contributed by atoms with Gasteiger partial charge in [-0.2, -0.15) is 0 Å². The number of aryl methyl sites for hydroxylation is 2. The summed E-state index contributed by atoms with van der Waals surface area (Å²) in [7, 11) is 0. The van der Waals surface area contributed by atoms with E-state index >= 15 is 0 Å². The fourth-order valence-electron chi connectivity index (χ4n) is 3.15. The molecular weight excluding hydrogens is 296 g/mol.